The highest BCUT2D eigenvalue weighted by Crippen LogP contribution is 2.19. The molecule has 156 valence electrons. The monoisotopic (exact) mass is 405 g/mol. The summed E-state index contributed by atoms with van der Waals surface area (Å²) >= 11 is 0. The van der Waals surface area contributed by atoms with Gasteiger partial charge in [-0.3, -0.25) is 14.7 Å². The fourth-order valence-electron chi connectivity index (χ4n) is 3.61. The van der Waals surface area contributed by atoms with E-state index in [4.69, 9.17) is 9.47 Å². The molecular formula is C24H27N3O3. The second kappa shape index (κ2) is 9.69. The summed E-state index contributed by atoms with van der Waals surface area (Å²) in [6.07, 6.45) is 0. The van der Waals surface area contributed by atoms with E-state index in [9.17, 15) is 4.79 Å². The van der Waals surface area contributed by atoms with Gasteiger partial charge in [-0.15, -0.1) is 0 Å². The number of ether oxygens (including phenoxy) is 2. The van der Waals surface area contributed by atoms with Gasteiger partial charge >= 0.3 is 0 Å². The van der Waals surface area contributed by atoms with E-state index in [0.29, 0.717) is 18.7 Å². The summed E-state index contributed by atoms with van der Waals surface area (Å²) in [5.74, 6) is 0.674. The smallest absolute Gasteiger partial charge is 0.253 e. The lowest BCUT2D eigenvalue weighted by Gasteiger charge is -2.26. The first-order valence-corrected chi connectivity index (χ1v) is 10.4. The van der Waals surface area contributed by atoms with Crippen LogP contribution >= 0.6 is 0 Å². The van der Waals surface area contributed by atoms with Crippen molar-refractivity contribution >= 4 is 16.8 Å². The third kappa shape index (κ3) is 4.96. The molecule has 1 N–H and O–H groups in total. The van der Waals surface area contributed by atoms with Gasteiger partial charge in [0.25, 0.3) is 5.91 Å². The SMILES string of the molecule is Cc1nc2ccccc2cc1C(=O)NCc1ccccc1OCCN1CCOCC1. The zero-order valence-electron chi connectivity index (χ0n) is 17.3. The molecule has 1 aliphatic rings. The third-order valence-electron chi connectivity index (χ3n) is 5.34. The number of pyridine rings is 1. The van der Waals surface area contributed by atoms with Gasteiger partial charge in [0, 0.05) is 37.1 Å². The number of fused-ring (bicyclic) bond motifs is 1. The number of para-hydroxylation sites is 2. The molecule has 0 atom stereocenters. The van der Waals surface area contributed by atoms with Crippen LogP contribution in [0.2, 0.25) is 0 Å². The third-order valence-corrected chi connectivity index (χ3v) is 5.34. The number of nitrogens with zero attached hydrogens (tertiary/aromatic N) is 2. The number of nitrogens with one attached hydrogen (secondary N) is 1. The summed E-state index contributed by atoms with van der Waals surface area (Å²) < 4.78 is 11.4. The van der Waals surface area contributed by atoms with Crippen molar-refractivity contribution < 1.29 is 14.3 Å². The Morgan fingerprint density at radius 3 is 2.77 bits per heavy atom. The van der Waals surface area contributed by atoms with Crippen molar-refractivity contribution in [3.63, 3.8) is 0 Å². The van der Waals surface area contributed by atoms with Gasteiger partial charge in [0.15, 0.2) is 0 Å². The molecule has 3 aromatic rings. The molecule has 0 saturated carbocycles. The predicted octanol–water partition coefficient (Wildman–Crippen LogP) is 3.18. The number of rotatable bonds is 7. The molecule has 0 spiro atoms. The highest BCUT2D eigenvalue weighted by molar-refractivity contribution is 5.98. The Kier molecular flexibility index (Phi) is 6.57. The molecule has 2 heterocycles. The number of morpholine rings is 1. The summed E-state index contributed by atoms with van der Waals surface area (Å²) in [4.78, 5) is 19.7. The lowest BCUT2D eigenvalue weighted by atomic mass is 10.1. The van der Waals surface area contributed by atoms with Crippen LogP contribution in [0.1, 0.15) is 21.6 Å². The van der Waals surface area contributed by atoms with Crippen LogP contribution in [0.3, 0.4) is 0 Å². The van der Waals surface area contributed by atoms with Crippen LogP contribution in [0.5, 0.6) is 5.75 Å². The topological polar surface area (TPSA) is 63.7 Å². The van der Waals surface area contributed by atoms with Crippen LogP contribution < -0.4 is 10.1 Å². The van der Waals surface area contributed by atoms with E-state index in [1.54, 1.807) is 0 Å². The van der Waals surface area contributed by atoms with Gasteiger partial charge < -0.3 is 14.8 Å². The van der Waals surface area contributed by atoms with Crippen LogP contribution in [-0.2, 0) is 11.3 Å². The Bertz CT molecular complexity index is 1020. The standard InChI is InChI=1S/C24H27N3O3/c1-18-21(16-19-6-2-4-8-22(19)26-18)24(28)25-17-20-7-3-5-9-23(20)30-15-12-27-10-13-29-14-11-27/h2-9,16H,10-15,17H2,1H3,(H,25,28). The summed E-state index contributed by atoms with van der Waals surface area (Å²) in [5, 5.41) is 3.97. The van der Waals surface area contributed by atoms with Crippen LogP contribution in [-0.4, -0.2) is 55.2 Å². The average molecular weight is 405 g/mol. The van der Waals surface area contributed by atoms with Crippen molar-refractivity contribution in [1.29, 1.82) is 0 Å². The quantitative estimate of drug-likeness (QED) is 0.654. The average Bonchev–Trinajstić information content (AvgIpc) is 2.78. The second-order valence-electron chi connectivity index (χ2n) is 7.41. The first-order chi connectivity index (χ1) is 14.7. The number of hydrogen-bond donors (Lipinski definition) is 1. The fourth-order valence-corrected chi connectivity index (χ4v) is 3.61. The minimum absolute atomic E-state index is 0.131. The van der Waals surface area contributed by atoms with Crippen molar-refractivity contribution in [2.45, 2.75) is 13.5 Å². The Labute approximate surface area is 176 Å². The summed E-state index contributed by atoms with van der Waals surface area (Å²) in [6.45, 7) is 7.20. The van der Waals surface area contributed by atoms with Gasteiger partial charge in [0.1, 0.15) is 12.4 Å². The van der Waals surface area contributed by atoms with E-state index < -0.39 is 0 Å². The highest BCUT2D eigenvalue weighted by Gasteiger charge is 2.13. The molecule has 0 unspecified atom stereocenters. The number of carbonyl (C=O) groups is 1. The maximum Gasteiger partial charge on any atom is 0.253 e. The Morgan fingerprint density at radius 1 is 1.13 bits per heavy atom. The number of amides is 1. The fraction of sp³-hybridized carbons (Fsp3) is 0.333. The molecule has 2 aromatic carbocycles. The number of hydrogen-bond acceptors (Lipinski definition) is 5. The summed E-state index contributed by atoms with van der Waals surface area (Å²) in [7, 11) is 0. The van der Waals surface area contributed by atoms with Crippen LogP contribution in [0.4, 0.5) is 0 Å². The normalized spacial score (nSPS) is 14.6. The number of aromatic nitrogens is 1. The van der Waals surface area contributed by atoms with Crippen LogP contribution in [0.25, 0.3) is 10.9 Å². The van der Waals surface area contributed by atoms with Crippen LogP contribution in [0.15, 0.2) is 54.6 Å². The minimum atomic E-state index is -0.131. The largest absolute Gasteiger partial charge is 0.492 e. The lowest BCUT2D eigenvalue weighted by molar-refractivity contribution is 0.0322. The maximum absolute atomic E-state index is 12.8. The number of benzene rings is 2. The summed E-state index contributed by atoms with van der Waals surface area (Å²) in [5.41, 5.74) is 3.17. The minimum Gasteiger partial charge on any atom is -0.492 e. The molecule has 30 heavy (non-hydrogen) atoms. The van der Waals surface area contributed by atoms with Crippen molar-refractivity contribution in [2.75, 3.05) is 39.5 Å². The zero-order valence-corrected chi connectivity index (χ0v) is 17.3. The van der Waals surface area contributed by atoms with E-state index in [1.165, 1.54) is 0 Å². The first-order valence-electron chi connectivity index (χ1n) is 10.4. The van der Waals surface area contributed by atoms with E-state index in [2.05, 4.69) is 15.2 Å². The molecule has 0 radical (unpaired) electrons. The van der Waals surface area contributed by atoms with Gasteiger partial charge in [0.05, 0.1) is 30.0 Å². The van der Waals surface area contributed by atoms with E-state index in [0.717, 1.165) is 60.8 Å². The van der Waals surface area contributed by atoms with E-state index in [-0.39, 0.29) is 5.91 Å². The number of aryl methyl sites for hydroxylation is 1. The molecule has 1 fully saturated rings. The van der Waals surface area contributed by atoms with E-state index >= 15 is 0 Å². The number of carbonyl (C=O) groups excluding carboxylic acids is 1. The lowest BCUT2D eigenvalue weighted by Crippen LogP contribution is -2.38. The highest BCUT2D eigenvalue weighted by atomic mass is 16.5. The predicted molar refractivity (Wildman–Crippen MR) is 117 cm³/mol. The maximum atomic E-state index is 12.8. The van der Waals surface area contributed by atoms with Crippen molar-refractivity contribution in [2.24, 2.45) is 0 Å². The van der Waals surface area contributed by atoms with Gasteiger partial charge in [-0.2, -0.15) is 0 Å². The van der Waals surface area contributed by atoms with Crippen molar-refractivity contribution in [3.05, 3.63) is 71.4 Å². The Morgan fingerprint density at radius 2 is 1.90 bits per heavy atom. The molecule has 1 saturated heterocycles. The van der Waals surface area contributed by atoms with Crippen LogP contribution in [0, 0.1) is 6.92 Å². The molecular weight excluding hydrogens is 378 g/mol. The molecule has 1 aromatic heterocycles. The zero-order chi connectivity index (χ0) is 20.8. The van der Waals surface area contributed by atoms with E-state index in [1.807, 2.05) is 61.5 Å². The van der Waals surface area contributed by atoms with Gasteiger partial charge in [0.2, 0.25) is 0 Å². The first kappa shape index (κ1) is 20.3. The molecule has 0 aliphatic carbocycles. The second-order valence-corrected chi connectivity index (χ2v) is 7.41. The summed E-state index contributed by atoms with van der Waals surface area (Å²) in [6, 6.07) is 17.6. The van der Waals surface area contributed by atoms with Gasteiger partial charge in [-0.05, 0) is 25.1 Å². The molecule has 1 aliphatic heterocycles. The molecule has 4 rings (SSSR count). The molecule has 1 amide bonds. The van der Waals surface area contributed by atoms with Crippen molar-refractivity contribution in [3.8, 4) is 5.75 Å². The van der Waals surface area contributed by atoms with Gasteiger partial charge in [-0.25, -0.2) is 0 Å². The van der Waals surface area contributed by atoms with Gasteiger partial charge in [-0.1, -0.05) is 36.4 Å². The van der Waals surface area contributed by atoms with Crippen molar-refractivity contribution in [1.82, 2.24) is 15.2 Å². The Hall–Kier alpha value is -2.96. The molecule has 6 heteroatoms. The molecule has 6 nitrogen and oxygen atoms in total. The molecule has 0 bridgehead atoms. The Balaban J connectivity index is 1.37.